The molecule has 0 saturated carbocycles. The van der Waals surface area contributed by atoms with Gasteiger partial charge in [-0.15, -0.1) is 0 Å². The summed E-state index contributed by atoms with van der Waals surface area (Å²) in [7, 11) is 0. The van der Waals surface area contributed by atoms with Gasteiger partial charge in [-0.2, -0.15) is 0 Å². The highest BCUT2D eigenvalue weighted by Crippen LogP contribution is 2.27. The highest BCUT2D eigenvalue weighted by molar-refractivity contribution is 6.04. The number of anilines is 2. The molecule has 1 N–H and O–H groups in total. The number of rotatable bonds is 6. The predicted octanol–water partition coefficient (Wildman–Crippen LogP) is 3.00. The van der Waals surface area contributed by atoms with Gasteiger partial charge in [0.25, 0.3) is 5.91 Å². The first-order valence-electron chi connectivity index (χ1n) is 9.89. The Morgan fingerprint density at radius 1 is 1.10 bits per heavy atom. The van der Waals surface area contributed by atoms with E-state index in [1.54, 1.807) is 13.0 Å². The van der Waals surface area contributed by atoms with E-state index in [0.717, 1.165) is 50.5 Å². The number of carbonyl (C=O) groups is 1. The van der Waals surface area contributed by atoms with Gasteiger partial charge in [0, 0.05) is 51.2 Å². The van der Waals surface area contributed by atoms with Gasteiger partial charge in [-0.25, -0.2) is 0 Å². The summed E-state index contributed by atoms with van der Waals surface area (Å²) in [6, 6.07) is 13.7. The summed E-state index contributed by atoms with van der Waals surface area (Å²) in [5.41, 5.74) is 3.83. The van der Waals surface area contributed by atoms with E-state index in [2.05, 4.69) is 37.4 Å². The third-order valence-electron chi connectivity index (χ3n) is 5.18. The Bertz CT molecular complexity index is 949. The summed E-state index contributed by atoms with van der Waals surface area (Å²) in [5, 5.41) is 6.75. The van der Waals surface area contributed by atoms with Crippen LogP contribution >= 0.6 is 0 Å². The van der Waals surface area contributed by atoms with Crippen LogP contribution in [0, 0.1) is 6.92 Å². The minimum absolute atomic E-state index is 0.221. The van der Waals surface area contributed by atoms with E-state index >= 15 is 0 Å². The van der Waals surface area contributed by atoms with Gasteiger partial charge >= 0.3 is 0 Å². The molecule has 4 rings (SSSR count). The second-order valence-corrected chi connectivity index (χ2v) is 7.24. The summed E-state index contributed by atoms with van der Waals surface area (Å²) >= 11 is 0. The Balaban J connectivity index is 1.35. The topological polar surface area (TPSA) is 74.5 Å². The van der Waals surface area contributed by atoms with Gasteiger partial charge in [-0.05, 0) is 43.2 Å². The van der Waals surface area contributed by atoms with E-state index in [-0.39, 0.29) is 11.7 Å². The maximum absolute atomic E-state index is 12.5. The predicted molar refractivity (Wildman–Crippen MR) is 112 cm³/mol. The monoisotopic (exact) mass is 391 g/mol. The largest absolute Gasteiger partial charge is 0.367 e. The van der Waals surface area contributed by atoms with E-state index in [0.29, 0.717) is 5.69 Å². The lowest BCUT2D eigenvalue weighted by molar-refractivity contribution is 0.0988. The van der Waals surface area contributed by atoms with Crippen molar-refractivity contribution in [2.75, 3.05) is 42.9 Å². The molecule has 150 valence electrons. The molecule has 1 aromatic carbocycles. The second kappa shape index (κ2) is 8.87. The minimum atomic E-state index is -0.283. The molecule has 0 radical (unpaired) electrons. The van der Waals surface area contributed by atoms with Gasteiger partial charge in [0.15, 0.2) is 0 Å². The van der Waals surface area contributed by atoms with E-state index in [9.17, 15) is 4.79 Å². The maximum Gasteiger partial charge on any atom is 0.294 e. The molecule has 1 saturated heterocycles. The SMILES string of the molecule is Cc1cc(C(=O)Nc2ccccc2N2CCN(CCc3ccncc3)CC2)on1. The summed E-state index contributed by atoms with van der Waals surface area (Å²) < 4.78 is 5.07. The van der Waals surface area contributed by atoms with Crippen LogP contribution in [-0.4, -0.2) is 53.7 Å². The smallest absolute Gasteiger partial charge is 0.294 e. The first-order chi connectivity index (χ1) is 14.2. The molecule has 3 heterocycles. The Morgan fingerprint density at radius 3 is 2.59 bits per heavy atom. The highest BCUT2D eigenvalue weighted by Gasteiger charge is 2.20. The van der Waals surface area contributed by atoms with Crippen molar-refractivity contribution >= 4 is 17.3 Å². The van der Waals surface area contributed by atoms with Crippen LogP contribution in [0.15, 0.2) is 59.4 Å². The fourth-order valence-corrected chi connectivity index (χ4v) is 3.56. The standard InChI is InChI=1S/C22H25N5O2/c1-17-16-21(29-25-17)22(28)24-19-4-2-3-5-20(19)27-14-12-26(13-15-27)11-8-18-6-9-23-10-7-18/h2-7,9-10,16H,8,11-15H2,1H3,(H,24,28). The molecular formula is C22H25N5O2. The number of nitrogens with zero attached hydrogens (tertiary/aromatic N) is 4. The summed E-state index contributed by atoms with van der Waals surface area (Å²) in [6.07, 6.45) is 4.73. The molecule has 0 spiro atoms. The van der Waals surface area contributed by atoms with Gasteiger partial charge in [0.2, 0.25) is 5.76 Å². The van der Waals surface area contributed by atoms with Gasteiger partial charge in [-0.1, -0.05) is 17.3 Å². The molecule has 29 heavy (non-hydrogen) atoms. The minimum Gasteiger partial charge on any atom is -0.367 e. The Morgan fingerprint density at radius 2 is 1.86 bits per heavy atom. The van der Waals surface area contributed by atoms with Gasteiger partial charge < -0.3 is 14.7 Å². The van der Waals surface area contributed by atoms with Crippen LogP contribution in [0.25, 0.3) is 0 Å². The van der Waals surface area contributed by atoms with Crippen molar-refractivity contribution in [1.29, 1.82) is 0 Å². The van der Waals surface area contributed by atoms with E-state index in [1.807, 2.05) is 36.7 Å². The summed E-state index contributed by atoms with van der Waals surface area (Å²) in [6.45, 7) is 6.67. The normalized spacial score (nSPS) is 14.7. The molecule has 0 atom stereocenters. The average molecular weight is 391 g/mol. The number of nitrogens with one attached hydrogen (secondary N) is 1. The van der Waals surface area contributed by atoms with E-state index in [4.69, 9.17) is 4.52 Å². The Labute approximate surface area is 170 Å². The highest BCUT2D eigenvalue weighted by atomic mass is 16.5. The molecule has 0 aliphatic carbocycles. The van der Waals surface area contributed by atoms with Crippen LogP contribution in [-0.2, 0) is 6.42 Å². The van der Waals surface area contributed by atoms with Crippen molar-refractivity contribution in [1.82, 2.24) is 15.0 Å². The molecule has 1 fully saturated rings. The lowest BCUT2D eigenvalue weighted by Crippen LogP contribution is -2.47. The van der Waals surface area contributed by atoms with E-state index in [1.165, 1.54) is 5.56 Å². The van der Waals surface area contributed by atoms with Crippen molar-refractivity contribution < 1.29 is 9.32 Å². The summed E-state index contributed by atoms with van der Waals surface area (Å²) in [5.74, 6) is -0.0627. The number of aromatic nitrogens is 2. The van der Waals surface area contributed by atoms with Crippen molar-refractivity contribution in [2.45, 2.75) is 13.3 Å². The van der Waals surface area contributed by atoms with Crippen molar-refractivity contribution in [3.63, 3.8) is 0 Å². The van der Waals surface area contributed by atoms with Crippen molar-refractivity contribution in [3.05, 3.63) is 71.9 Å². The lowest BCUT2D eigenvalue weighted by atomic mass is 10.1. The lowest BCUT2D eigenvalue weighted by Gasteiger charge is -2.37. The number of piperazine rings is 1. The quantitative estimate of drug-likeness (QED) is 0.696. The van der Waals surface area contributed by atoms with Crippen LogP contribution < -0.4 is 10.2 Å². The molecule has 7 heteroatoms. The molecule has 0 unspecified atom stereocenters. The molecule has 3 aromatic rings. The Kier molecular flexibility index (Phi) is 5.86. The first-order valence-corrected chi connectivity index (χ1v) is 9.89. The fraction of sp³-hybridized carbons (Fsp3) is 0.318. The zero-order valence-electron chi connectivity index (χ0n) is 16.5. The average Bonchev–Trinajstić information content (AvgIpc) is 3.20. The third kappa shape index (κ3) is 4.81. The van der Waals surface area contributed by atoms with Crippen molar-refractivity contribution in [3.8, 4) is 0 Å². The number of aryl methyl sites for hydroxylation is 1. The molecule has 2 aromatic heterocycles. The maximum atomic E-state index is 12.5. The van der Waals surface area contributed by atoms with Crippen LogP contribution in [0.1, 0.15) is 21.8 Å². The third-order valence-corrected chi connectivity index (χ3v) is 5.18. The number of carbonyl (C=O) groups excluding carboxylic acids is 1. The first kappa shape index (κ1) is 19.1. The van der Waals surface area contributed by atoms with Gasteiger partial charge in [0.05, 0.1) is 17.1 Å². The molecule has 7 nitrogen and oxygen atoms in total. The number of para-hydroxylation sites is 2. The van der Waals surface area contributed by atoms with Crippen LogP contribution in [0.2, 0.25) is 0 Å². The zero-order valence-corrected chi connectivity index (χ0v) is 16.5. The number of hydrogen-bond donors (Lipinski definition) is 1. The Hall–Kier alpha value is -3.19. The number of amides is 1. The molecule has 1 amide bonds. The molecule has 0 bridgehead atoms. The molecular weight excluding hydrogens is 366 g/mol. The molecule has 1 aliphatic heterocycles. The fourth-order valence-electron chi connectivity index (χ4n) is 3.56. The number of hydrogen-bond acceptors (Lipinski definition) is 6. The second-order valence-electron chi connectivity index (χ2n) is 7.24. The number of benzene rings is 1. The molecule has 1 aliphatic rings. The van der Waals surface area contributed by atoms with Crippen LogP contribution in [0.4, 0.5) is 11.4 Å². The van der Waals surface area contributed by atoms with Gasteiger partial charge in [-0.3, -0.25) is 14.7 Å². The van der Waals surface area contributed by atoms with Crippen molar-refractivity contribution in [2.24, 2.45) is 0 Å². The van der Waals surface area contributed by atoms with Gasteiger partial charge in [0.1, 0.15) is 0 Å². The number of pyridine rings is 1. The summed E-state index contributed by atoms with van der Waals surface area (Å²) in [4.78, 5) is 21.3. The van der Waals surface area contributed by atoms with Crippen LogP contribution in [0.5, 0.6) is 0 Å². The van der Waals surface area contributed by atoms with E-state index < -0.39 is 0 Å². The van der Waals surface area contributed by atoms with Crippen LogP contribution in [0.3, 0.4) is 0 Å². The zero-order chi connectivity index (χ0) is 20.1.